The van der Waals surface area contributed by atoms with Gasteiger partial charge in [-0.15, -0.1) is 0 Å². The fourth-order valence-corrected chi connectivity index (χ4v) is 10.0. The Balaban J connectivity index is 1.32. The van der Waals surface area contributed by atoms with Crippen LogP contribution in [0.2, 0.25) is 0 Å². The number of fused-ring (bicyclic) bond motifs is 2. The first-order valence-electron chi connectivity index (χ1n) is 24.0. The summed E-state index contributed by atoms with van der Waals surface area (Å²) in [5, 5.41) is 3.08. The number of hydrogen-bond donors (Lipinski definition) is 0. The van der Waals surface area contributed by atoms with E-state index in [4.69, 9.17) is 9.47 Å². The number of unbranched alkanes of at least 4 members (excludes halogenated alkanes) is 2. The summed E-state index contributed by atoms with van der Waals surface area (Å²) in [6.45, 7) is 8.48. The Morgan fingerprint density at radius 1 is 0.444 bits per heavy atom. The molecule has 72 heavy (non-hydrogen) atoms. The van der Waals surface area contributed by atoms with Crippen LogP contribution in [0.1, 0.15) is 120 Å². The van der Waals surface area contributed by atoms with Crippen LogP contribution in [0.25, 0.3) is 43.1 Å². The fraction of sp³-hybridized carbons (Fsp3) is 0.286. The molecule has 7 aromatic carbocycles. The zero-order valence-electron chi connectivity index (χ0n) is 39.7. The molecule has 2 heterocycles. The summed E-state index contributed by atoms with van der Waals surface area (Å²) in [6, 6.07) is 15.9. The molecule has 2 atom stereocenters. The van der Waals surface area contributed by atoms with Crippen molar-refractivity contribution in [2.45, 2.75) is 79.1 Å². The lowest BCUT2D eigenvalue weighted by Crippen LogP contribution is -2.43. The van der Waals surface area contributed by atoms with E-state index in [9.17, 15) is 45.5 Å². The highest BCUT2D eigenvalue weighted by atomic mass is 19.3. The van der Waals surface area contributed by atoms with Gasteiger partial charge < -0.3 is 18.9 Å². The standard InChI is InChI=1S/C56H48F6N2O8/c1-5-9-11-29(7-3)27-63-53(65)37-23-21-35-46-42(70-32-15-19-34(20-16-32)72-52(62)50(59)60)26-40-44-38(54(66)64(56(40)68)28-30(8-4)12-10-6-2)24-22-36(48(44)46)45-41(25-39(55(63)67)43(37)47(35)45)69-31-13-17-33(18-14-31)71-51(61)49(57)58/h13-26,29-30H,5-12,27-28H2,1-4H3. The summed E-state index contributed by atoms with van der Waals surface area (Å²) in [5.41, 5.74) is 0.768. The van der Waals surface area contributed by atoms with Crippen LogP contribution in [0.3, 0.4) is 0 Å². The minimum absolute atomic E-state index is 0.0204. The highest BCUT2D eigenvalue weighted by Gasteiger charge is 2.40. The van der Waals surface area contributed by atoms with E-state index in [1.165, 1.54) is 58.3 Å². The number of ether oxygens (including phenoxy) is 4. The monoisotopic (exact) mass is 990 g/mol. The summed E-state index contributed by atoms with van der Waals surface area (Å²) in [6.07, 6.45) is 1.41. The molecule has 2 aliphatic heterocycles. The van der Waals surface area contributed by atoms with Crippen molar-refractivity contribution in [3.8, 4) is 34.5 Å². The van der Waals surface area contributed by atoms with Crippen LogP contribution in [0.4, 0.5) is 26.3 Å². The smallest absolute Gasteiger partial charge is 0.344 e. The van der Waals surface area contributed by atoms with Gasteiger partial charge in [0.05, 0.1) is 11.1 Å². The SMILES string of the molecule is CCCCC(CC)CN1C(=O)c2ccc3c4c(Oc5ccc(OC(F)=C(F)F)cc5)cc5c6c(ccc(c7c(Oc8ccc(OC(F)=C(F)F)cc8)cc(c2c37)C1=O)c64)C(=O)N(CC(CC)CCCC)C5=O. The van der Waals surface area contributed by atoms with Gasteiger partial charge in [0.2, 0.25) is 0 Å². The Labute approximate surface area is 409 Å². The molecule has 0 aliphatic carbocycles. The molecular formula is C56H48F6N2O8. The van der Waals surface area contributed by atoms with Gasteiger partial charge in [-0.3, -0.25) is 29.0 Å². The molecule has 0 aromatic heterocycles. The predicted molar refractivity (Wildman–Crippen MR) is 260 cm³/mol. The molecule has 372 valence electrons. The van der Waals surface area contributed by atoms with Crippen molar-refractivity contribution < 1.29 is 64.5 Å². The van der Waals surface area contributed by atoms with E-state index in [1.807, 2.05) is 13.8 Å². The van der Waals surface area contributed by atoms with Crippen molar-refractivity contribution in [3.63, 3.8) is 0 Å². The van der Waals surface area contributed by atoms with E-state index in [0.29, 0.717) is 43.1 Å². The van der Waals surface area contributed by atoms with E-state index < -0.39 is 47.8 Å². The van der Waals surface area contributed by atoms with Gasteiger partial charge in [0.1, 0.15) is 34.5 Å². The number of amides is 4. The molecule has 0 saturated heterocycles. The molecule has 0 fully saturated rings. The van der Waals surface area contributed by atoms with E-state index >= 15 is 0 Å². The topological polar surface area (TPSA) is 112 Å². The van der Waals surface area contributed by atoms with Crippen molar-refractivity contribution in [2.75, 3.05) is 13.1 Å². The third-order valence-corrected chi connectivity index (χ3v) is 13.7. The summed E-state index contributed by atoms with van der Waals surface area (Å²) < 4.78 is 102. The van der Waals surface area contributed by atoms with E-state index in [-0.39, 0.29) is 81.7 Å². The molecule has 4 amide bonds. The zero-order valence-corrected chi connectivity index (χ0v) is 39.7. The van der Waals surface area contributed by atoms with Crippen molar-refractivity contribution in [3.05, 3.63) is 131 Å². The summed E-state index contributed by atoms with van der Waals surface area (Å²) in [7, 11) is 0. The first kappa shape index (κ1) is 49.4. The normalized spacial score (nSPS) is 14.2. The van der Waals surface area contributed by atoms with Crippen LogP contribution < -0.4 is 18.9 Å². The quantitative estimate of drug-likeness (QED) is 0.0244. The number of carbonyl (C=O) groups excluding carboxylic acids is 4. The van der Waals surface area contributed by atoms with Gasteiger partial charge in [-0.2, -0.15) is 26.3 Å². The maximum Gasteiger partial charge on any atom is 0.344 e. The number of rotatable bonds is 20. The maximum absolute atomic E-state index is 14.9. The van der Waals surface area contributed by atoms with Crippen molar-refractivity contribution in [2.24, 2.45) is 11.8 Å². The molecule has 16 heteroatoms. The highest BCUT2D eigenvalue weighted by molar-refractivity contribution is 6.43. The number of nitrogens with zero attached hydrogens (tertiary/aromatic N) is 2. The Morgan fingerprint density at radius 2 is 0.792 bits per heavy atom. The van der Waals surface area contributed by atoms with Gasteiger partial charge in [0, 0.05) is 56.5 Å². The molecule has 0 spiro atoms. The minimum Gasteiger partial charge on any atom is -0.457 e. The van der Waals surface area contributed by atoms with Crippen LogP contribution >= 0.6 is 0 Å². The number of imide groups is 2. The molecule has 0 bridgehead atoms. The van der Waals surface area contributed by atoms with Crippen LogP contribution in [0.15, 0.2) is 109 Å². The fourth-order valence-electron chi connectivity index (χ4n) is 10.0. The second kappa shape index (κ2) is 20.2. The first-order valence-corrected chi connectivity index (χ1v) is 24.0. The molecule has 0 N–H and O–H groups in total. The molecule has 10 nitrogen and oxygen atoms in total. The van der Waals surface area contributed by atoms with Gasteiger partial charge in [-0.1, -0.05) is 78.4 Å². The lowest BCUT2D eigenvalue weighted by molar-refractivity contribution is 0.0565. The third-order valence-electron chi connectivity index (χ3n) is 13.7. The molecule has 2 aliphatic rings. The summed E-state index contributed by atoms with van der Waals surface area (Å²) in [4.78, 5) is 61.6. The van der Waals surface area contributed by atoms with Crippen LogP contribution in [-0.2, 0) is 0 Å². The first-order chi connectivity index (χ1) is 34.7. The Morgan fingerprint density at radius 3 is 1.12 bits per heavy atom. The average molecular weight is 991 g/mol. The van der Waals surface area contributed by atoms with Gasteiger partial charge in [-0.25, -0.2) is 0 Å². The van der Waals surface area contributed by atoms with Crippen molar-refractivity contribution in [1.82, 2.24) is 9.80 Å². The van der Waals surface area contributed by atoms with Gasteiger partial charge >= 0.3 is 24.2 Å². The predicted octanol–water partition coefficient (Wildman–Crippen LogP) is 15.8. The van der Waals surface area contributed by atoms with Crippen LogP contribution in [0, 0.1) is 11.8 Å². The lowest BCUT2D eigenvalue weighted by atomic mass is 9.81. The number of benzene rings is 7. The molecular weight excluding hydrogens is 943 g/mol. The number of carbonyl (C=O) groups is 4. The van der Waals surface area contributed by atoms with Crippen LogP contribution in [-0.4, -0.2) is 46.5 Å². The minimum atomic E-state index is -2.64. The molecule has 0 radical (unpaired) electrons. The van der Waals surface area contributed by atoms with E-state index in [2.05, 4.69) is 23.3 Å². The Hall–Kier alpha value is -7.62. The number of halogens is 6. The molecule has 7 aromatic rings. The summed E-state index contributed by atoms with van der Waals surface area (Å²) >= 11 is 0. The molecule has 2 unspecified atom stereocenters. The second-order valence-corrected chi connectivity index (χ2v) is 18.1. The van der Waals surface area contributed by atoms with Gasteiger partial charge in [0.25, 0.3) is 23.6 Å². The van der Waals surface area contributed by atoms with Crippen LogP contribution in [0.5, 0.6) is 34.5 Å². The zero-order chi connectivity index (χ0) is 51.1. The largest absolute Gasteiger partial charge is 0.457 e. The third kappa shape index (κ3) is 8.91. The Bertz CT molecular complexity index is 3140. The lowest BCUT2D eigenvalue weighted by Gasteiger charge is -2.33. The second-order valence-electron chi connectivity index (χ2n) is 18.1. The van der Waals surface area contributed by atoms with E-state index in [1.54, 1.807) is 36.4 Å². The van der Waals surface area contributed by atoms with Crippen molar-refractivity contribution in [1.29, 1.82) is 0 Å². The number of hydrogen-bond acceptors (Lipinski definition) is 8. The maximum atomic E-state index is 14.9. The summed E-state index contributed by atoms with van der Waals surface area (Å²) in [5.74, 6) is -2.13. The molecule has 0 saturated carbocycles. The van der Waals surface area contributed by atoms with Gasteiger partial charge in [-0.05, 0) is 108 Å². The Kier molecular flexibility index (Phi) is 13.9. The van der Waals surface area contributed by atoms with Gasteiger partial charge in [0.15, 0.2) is 0 Å². The van der Waals surface area contributed by atoms with Crippen molar-refractivity contribution >= 4 is 66.7 Å². The average Bonchev–Trinajstić information content (AvgIpc) is 3.37. The van der Waals surface area contributed by atoms with E-state index in [0.717, 1.165) is 51.4 Å². The molecule has 9 rings (SSSR count). The highest BCUT2D eigenvalue weighted by Crippen LogP contribution is 2.53.